The smallest absolute Gasteiger partial charge is 0.481 e. The fraction of sp³-hybridized carbons (Fsp3) is 0.610. The standard InChI is InChI=1S/C59H88N14O19S2/c1-34-9-15-41(16-10-34)90-26-27-91-59(89)92-28-30-94-93-29-25-63-51(82)35(2)67-54(85)43(18-21-47(78)79)71-55(86)42(17-20-45(76)61-23-5-4-7-40(75)33-74)70-56(87)44(19-22-48(80)81)69-52(83)36(3)66-46(77)8-6-24-62-53(84)37-11-13-38(14-12-37)64-31-39-32-65-50-49(68-39)57(88)73-58(60)72-50/h11-14,32,34-36,40-44,64,74-75H,4-10,15-31,33H2,1-3H3,(H,61,76)(H,62,84)(H,63,82)(H,66,77)(H,67,85)(H,69,83)(H,70,87)(H,71,86)(H,78,79)(H,80,81)(H3,60,65,72,73,88)/t34?,35-,36-,40-,41?,42-,43-,44-/m0/s1. The Morgan fingerprint density at radius 2 is 1.24 bits per heavy atom. The number of aromatic amines is 1. The van der Waals surface area contributed by atoms with Gasteiger partial charge >= 0.3 is 18.1 Å². The zero-order valence-electron chi connectivity index (χ0n) is 52.8. The number of nitrogens with zero attached hydrogens (tertiary/aromatic N) is 3. The van der Waals surface area contributed by atoms with Gasteiger partial charge in [0.05, 0.1) is 43.9 Å². The predicted octanol–water partition coefficient (Wildman–Crippen LogP) is 0.277. The summed E-state index contributed by atoms with van der Waals surface area (Å²) in [5, 5.41) is 61.1. The summed E-state index contributed by atoms with van der Waals surface area (Å²) in [5.41, 5.74) is 6.51. The second-order valence-electron chi connectivity index (χ2n) is 22.2. The van der Waals surface area contributed by atoms with Crippen LogP contribution in [-0.2, 0) is 63.9 Å². The minimum atomic E-state index is -1.69. The molecule has 0 unspecified atom stereocenters. The lowest BCUT2D eigenvalue weighted by atomic mass is 9.89. The summed E-state index contributed by atoms with van der Waals surface area (Å²) < 4.78 is 15.9. The zero-order valence-corrected chi connectivity index (χ0v) is 54.5. The van der Waals surface area contributed by atoms with Crippen LogP contribution in [0.2, 0.25) is 0 Å². The lowest BCUT2D eigenvalue weighted by molar-refractivity contribution is -0.138. The number of carbonyl (C=O) groups excluding carboxylic acids is 9. The molecular formula is C59H88N14O19S2. The molecule has 0 radical (unpaired) electrons. The zero-order chi connectivity index (χ0) is 69.0. The van der Waals surface area contributed by atoms with Gasteiger partial charge in [-0.1, -0.05) is 28.5 Å². The molecule has 33 nitrogen and oxygen atoms in total. The highest BCUT2D eigenvalue weighted by atomic mass is 33.1. The maximum absolute atomic E-state index is 14.1. The van der Waals surface area contributed by atoms with Gasteiger partial charge in [0.25, 0.3) is 11.5 Å². The molecule has 35 heteroatoms. The number of anilines is 2. The second-order valence-corrected chi connectivity index (χ2v) is 24.9. The fourth-order valence-corrected chi connectivity index (χ4v) is 10.8. The number of aliphatic carboxylic acids is 2. The first-order valence-corrected chi connectivity index (χ1v) is 33.5. The summed E-state index contributed by atoms with van der Waals surface area (Å²) in [4.78, 5) is 170. The Kier molecular flexibility index (Phi) is 35.5. The summed E-state index contributed by atoms with van der Waals surface area (Å²) in [6.45, 7) is 5.38. The van der Waals surface area contributed by atoms with Gasteiger partial charge in [-0.2, -0.15) is 4.98 Å². The molecule has 0 aliphatic heterocycles. The number of H-pyrrole nitrogens is 1. The number of hydrogen-bond donors (Lipinski definition) is 15. The molecule has 4 rings (SSSR count). The van der Waals surface area contributed by atoms with E-state index in [-0.39, 0.29) is 88.5 Å². The number of nitrogens with two attached hydrogens (primary N) is 1. The molecule has 1 aromatic carbocycles. The Labute approximate surface area is 550 Å². The SMILES string of the molecule is CC1CCC(OCCOC(=O)OCCSSCCNC(=O)[C@H](C)NC(=O)[C@H](CCC(=O)O)NC(=O)[C@H](CCC(=O)NCCCC[C@H](O)CO)NC(=O)[C@H](CCC(=O)O)NC(=O)[C@H](C)NC(=O)CCCNC(=O)c2ccc(NCc3cnc4nc(N)[nH]c(=O)c4n3)cc2)CC1. The second kappa shape index (κ2) is 42.7. The van der Waals surface area contributed by atoms with Gasteiger partial charge in [-0.15, -0.1) is 0 Å². The highest BCUT2D eigenvalue weighted by molar-refractivity contribution is 8.76. The van der Waals surface area contributed by atoms with Crippen LogP contribution in [0.15, 0.2) is 35.3 Å². The first kappa shape index (κ1) is 78.0. The number of nitrogens with one attached hydrogen (secondary N) is 10. The molecule has 520 valence electrons. The number of ether oxygens (including phenoxy) is 3. The van der Waals surface area contributed by atoms with Gasteiger partial charge in [0.1, 0.15) is 43.4 Å². The molecule has 1 aliphatic carbocycles. The van der Waals surface area contributed by atoms with Gasteiger partial charge in [-0.25, -0.2) is 14.8 Å². The third-order valence-corrected chi connectivity index (χ3v) is 16.8. The first-order valence-electron chi connectivity index (χ1n) is 31.0. The van der Waals surface area contributed by atoms with E-state index in [0.29, 0.717) is 47.2 Å². The number of carbonyl (C=O) groups is 11. The summed E-state index contributed by atoms with van der Waals surface area (Å²) >= 11 is 0. The minimum absolute atomic E-state index is 0.0203. The van der Waals surface area contributed by atoms with E-state index < -0.39 is 152 Å². The van der Waals surface area contributed by atoms with Crippen molar-refractivity contribution < 1.29 is 87.4 Å². The molecule has 8 amide bonds. The van der Waals surface area contributed by atoms with Crippen molar-refractivity contribution in [2.45, 2.75) is 166 Å². The molecule has 2 aromatic heterocycles. The molecule has 1 fully saturated rings. The third kappa shape index (κ3) is 31.0. The number of benzene rings is 1. The van der Waals surface area contributed by atoms with Crippen molar-refractivity contribution in [1.82, 2.24) is 62.5 Å². The van der Waals surface area contributed by atoms with Crippen molar-refractivity contribution in [3.8, 4) is 0 Å². The largest absolute Gasteiger partial charge is 0.508 e. The van der Waals surface area contributed by atoms with Crippen LogP contribution in [0, 0.1) is 5.92 Å². The summed E-state index contributed by atoms with van der Waals surface area (Å²) in [5.74, 6) is -7.72. The average Bonchev–Trinajstić information content (AvgIpc) is 0.823. The molecule has 0 bridgehead atoms. The van der Waals surface area contributed by atoms with Crippen molar-refractivity contribution in [3.63, 3.8) is 0 Å². The molecule has 6 atom stereocenters. The summed E-state index contributed by atoms with van der Waals surface area (Å²) in [6.07, 6.45) is 1.89. The Balaban J connectivity index is 1.28. The number of unbranched alkanes of at least 4 members (excludes halogenated alkanes) is 1. The summed E-state index contributed by atoms with van der Waals surface area (Å²) in [7, 11) is 2.75. The molecule has 0 spiro atoms. The van der Waals surface area contributed by atoms with E-state index >= 15 is 0 Å². The third-order valence-electron chi connectivity index (χ3n) is 14.4. The minimum Gasteiger partial charge on any atom is -0.481 e. The molecule has 1 saturated carbocycles. The molecule has 0 saturated heterocycles. The van der Waals surface area contributed by atoms with E-state index in [9.17, 15) is 72.9 Å². The number of aliphatic hydroxyl groups excluding tert-OH is 2. The normalized spacial score (nSPS) is 15.5. The number of fused-ring (bicyclic) bond motifs is 1. The topological polar surface area (TPSA) is 502 Å². The van der Waals surface area contributed by atoms with Crippen LogP contribution in [0.5, 0.6) is 0 Å². The predicted molar refractivity (Wildman–Crippen MR) is 344 cm³/mol. The van der Waals surface area contributed by atoms with Crippen LogP contribution in [-0.4, -0.2) is 206 Å². The molecule has 3 aromatic rings. The van der Waals surface area contributed by atoms with E-state index in [1.165, 1.54) is 41.6 Å². The lowest BCUT2D eigenvalue weighted by Crippen LogP contribution is -2.59. The number of amides is 8. The Bertz CT molecular complexity index is 3050. The van der Waals surface area contributed by atoms with Crippen molar-refractivity contribution in [2.75, 3.05) is 68.6 Å². The maximum atomic E-state index is 14.1. The fourth-order valence-electron chi connectivity index (χ4n) is 9.09. The van der Waals surface area contributed by atoms with Crippen molar-refractivity contribution in [1.29, 1.82) is 0 Å². The van der Waals surface area contributed by atoms with Crippen LogP contribution in [0.3, 0.4) is 0 Å². The Morgan fingerprint density at radius 3 is 1.89 bits per heavy atom. The highest BCUT2D eigenvalue weighted by Crippen LogP contribution is 2.25. The molecule has 94 heavy (non-hydrogen) atoms. The number of aromatic nitrogens is 4. The van der Waals surface area contributed by atoms with Gasteiger partial charge in [0, 0.05) is 68.1 Å². The Morgan fingerprint density at radius 1 is 0.649 bits per heavy atom. The molecule has 16 N–H and O–H groups in total. The molecule has 1 aliphatic rings. The number of nitrogen functional groups attached to an aromatic ring is 1. The van der Waals surface area contributed by atoms with E-state index in [2.05, 4.69) is 74.7 Å². The van der Waals surface area contributed by atoms with Gasteiger partial charge in [0.2, 0.25) is 47.3 Å². The average molecular weight is 1360 g/mol. The van der Waals surface area contributed by atoms with E-state index in [1.807, 2.05) is 0 Å². The maximum Gasteiger partial charge on any atom is 0.508 e. The van der Waals surface area contributed by atoms with Crippen LogP contribution in [0.25, 0.3) is 11.2 Å². The van der Waals surface area contributed by atoms with Gasteiger partial charge in [0.15, 0.2) is 11.2 Å². The van der Waals surface area contributed by atoms with Crippen molar-refractivity contribution in [3.05, 3.63) is 52.1 Å². The van der Waals surface area contributed by atoms with Crippen LogP contribution in [0.4, 0.5) is 16.4 Å². The van der Waals surface area contributed by atoms with Crippen molar-refractivity contribution in [2.24, 2.45) is 5.92 Å². The number of carboxylic acids is 2. The van der Waals surface area contributed by atoms with Crippen LogP contribution in [0.1, 0.15) is 133 Å². The number of carboxylic acid groups (broad SMARTS) is 2. The van der Waals surface area contributed by atoms with E-state index in [0.717, 1.165) is 25.7 Å². The molecule has 2 heterocycles. The van der Waals surface area contributed by atoms with Crippen LogP contribution >= 0.6 is 21.6 Å². The first-order chi connectivity index (χ1) is 44.9. The number of hydrogen-bond acceptors (Lipinski definition) is 24. The monoisotopic (exact) mass is 1360 g/mol. The van der Waals surface area contributed by atoms with Gasteiger partial charge < -0.3 is 88.2 Å². The highest BCUT2D eigenvalue weighted by Gasteiger charge is 2.33. The van der Waals surface area contributed by atoms with E-state index in [4.69, 9.17) is 25.1 Å². The van der Waals surface area contributed by atoms with Crippen molar-refractivity contribution >= 4 is 110 Å². The van der Waals surface area contributed by atoms with E-state index in [1.54, 1.807) is 24.3 Å². The quantitative estimate of drug-likeness (QED) is 0.0205. The molecular weight excluding hydrogens is 1270 g/mol. The summed E-state index contributed by atoms with van der Waals surface area (Å²) in [6, 6.07) is -1.09. The van der Waals surface area contributed by atoms with Crippen LogP contribution < -0.4 is 59.1 Å². The van der Waals surface area contributed by atoms with Gasteiger partial charge in [-0.05, 0) is 115 Å². The lowest BCUT2D eigenvalue weighted by Gasteiger charge is -2.26. The Hall–Kier alpha value is -8.41. The number of aliphatic hydroxyl groups is 2. The number of rotatable bonds is 44. The van der Waals surface area contributed by atoms with Gasteiger partial charge in [-0.3, -0.25) is 57.7 Å².